The summed E-state index contributed by atoms with van der Waals surface area (Å²) in [6.45, 7) is 6.70. The molecular formula is C20H23N5O. The molecule has 2 aromatic heterocycles. The normalized spacial score (nSPS) is 12.0. The lowest BCUT2D eigenvalue weighted by atomic mass is 10.1. The summed E-state index contributed by atoms with van der Waals surface area (Å²) in [5, 5.41) is 7.03. The van der Waals surface area contributed by atoms with Gasteiger partial charge in [-0.25, -0.2) is 4.98 Å². The largest absolute Gasteiger partial charge is 0.348 e. The number of nitrogens with one attached hydrogen (secondary N) is 1. The third-order valence-electron chi connectivity index (χ3n) is 4.28. The highest BCUT2D eigenvalue weighted by atomic mass is 16.1. The molecule has 1 aromatic carbocycles. The number of pyridine rings is 1. The van der Waals surface area contributed by atoms with Crippen molar-refractivity contribution in [2.75, 3.05) is 0 Å². The van der Waals surface area contributed by atoms with Gasteiger partial charge in [0.05, 0.1) is 12.2 Å². The maximum absolute atomic E-state index is 12.4. The molecule has 6 nitrogen and oxygen atoms in total. The van der Waals surface area contributed by atoms with Crippen LogP contribution in [0.15, 0.2) is 49.1 Å². The summed E-state index contributed by atoms with van der Waals surface area (Å²) >= 11 is 0. The number of amides is 1. The van der Waals surface area contributed by atoms with Crippen LogP contribution in [0, 0.1) is 6.92 Å². The molecule has 0 radical (unpaired) electrons. The minimum atomic E-state index is -0.102. The summed E-state index contributed by atoms with van der Waals surface area (Å²) in [6.07, 6.45) is 4.02. The van der Waals surface area contributed by atoms with E-state index in [0.717, 1.165) is 23.4 Å². The average molecular weight is 349 g/mol. The Morgan fingerprint density at radius 3 is 2.62 bits per heavy atom. The Bertz CT molecular complexity index is 872. The van der Waals surface area contributed by atoms with E-state index in [2.05, 4.69) is 35.3 Å². The highest BCUT2D eigenvalue weighted by Crippen LogP contribution is 2.20. The van der Waals surface area contributed by atoms with Gasteiger partial charge in [0, 0.05) is 22.9 Å². The summed E-state index contributed by atoms with van der Waals surface area (Å²) in [5.41, 5.74) is 4.87. The van der Waals surface area contributed by atoms with Crippen molar-refractivity contribution in [3.8, 4) is 11.3 Å². The van der Waals surface area contributed by atoms with Crippen LogP contribution in [-0.4, -0.2) is 31.7 Å². The van der Waals surface area contributed by atoms with Crippen molar-refractivity contribution >= 4 is 5.91 Å². The summed E-state index contributed by atoms with van der Waals surface area (Å²) < 4.78 is 1.70. The molecule has 6 heteroatoms. The van der Waals surface area contributed by atoms with Gasteiger partial charge in [-0.1, -0.05) is 25.1 Å². The predicted octanol–water partition coefficient (Wildman–Crippen LogP) is 3.03. The van der Waals surface area contributed by atoms with Crippen LogP contribution in [0.25, 0.3) is 11.3 Å². The van der Waals surface area contributed by atoms with Crippen molar-refractivity contribution in [2.45, 2.75) is 39.8 Å². The first-order chi connectivity index (χ1) is 12.6. The Kier molecular flexibility index (Phi) is 5.41. The van der Waals surface area contributed by atoms with Crippen LogP contribution < -0.4 is 5.32 Å². The van der Waals surface area contributed by atoms with Gasteiger partial charge in [0.2, 0.25) is 0 Å². The maximum atomic E-state index is 12.4. The van der Waals surface area contributed by atoms with Crippen LogP contribution in [0.1, 0.15) is 35.5 Å². The highest BCUT2D eigenvalue weighted by Gasteiger charge is 2.11. The van der Waals surface area contributed by atoms with E-state index in [9.17, 15) is 4.79 Å². The zero-order valence-electron chi connectivity index (χ0n) is 15.3. The van der Waals surface area contributed by atoms with E-state index < -0.39 is 0 Å². The van der Waals surface area contributed by atoms with E-state index in [1.165, 1.54) is 11.9 Å². The van der Waals surface area contributed by atoms with Gasteiger partial charge >= 0.3 is 0 Å². The molecule has 1 amide bonds. The standard InChI is InChI=1S/C20H23N5O/c1-4-18-14(2)5-10-19(24-18)16-6-8-17(9-7-16)20(26)23-15(3)11-25-13-21-12-22-25/h5-10,12-13,15H,4,11H2,1-3H3,(H,23,26)/t15-/m0/s1. The van der Waals surface area contributed by atoms with Crippen LogP contribution >= 0.6 is 0 Å². The number of nitrogens with zero attached hydrogens (tertiary/aromatic N) is 4. The van der Waals surface area contributed by atoms with Gasteiger partial charge in [-0.05, 0) is 44.0 Å². The molecule has 0 bridgehead atoms. The molecule has 0 aliphatic rings. The van der Waals surface area contributed by atoms with Crippen molar-refractivity contribution in [3.05, 3.63) is 65.9 Å². The molecule has 0 saturated heterocycles. The van der Waals surface area contributed by atoms with E-state index in [0.29, 0.717) is 12.1 Å². The molecule has 0 aliphatic carbocycles. The number of hydrogen-bond donors (Lipinski definition) is 1. The van der Waals surface area contributed by atoms with Crippen LogP contribution in [0.2, 0.25) is 0 Å². The summed E-state index contributed by atoms with van der Waals surface area (Å²) in [5.74, 6) is -0.102. The average Bonchev–Trinajstić information content (AvgIpc) is 3.15. The Morgan fingerprint density at radius 2 is 1.96 bits per heavy atom. The first kappa shape index (κ1) is 17.8. The molecule has 1 N–H and O–H groups in total. The second kappa shape index (κ2) is 7.91. The topological polar surface area (TPSA) is 72.7 Å². The number of hydrogen-bond acceptors (Lipinski definition) is 4. The van der Waals surface area contributed by atoms with E-state index in [-0.39, 0.29) is 11.9 Å². The van der Waals surface area contributed by atoms with Gasteiger partial charge in [0.25, 0.3) is 5.91 Å². The highest BCUT2D eigenvalue weighted by molar-refractivity contribution is 5.94. The van der Waals surface area contributed by atoms with E-state index in [4.69, 9.17) is 4.98 Å². The summed E-state index contributed by atoms with van der Waals surface area (Å²) in [7, 11) is 0. The van der Waals surface area contributed by atoms with Gasteiger partial charge in [-0.2, -0.15) is 5.10 Å². The zero-order valence-corrected chi connectivity index (χ0v) is 15.3. The molecule has 0 fully saturated rings. The zero-order chi connectivity index (χ0) is 18.5. The Hall–Kier alpha value is -3.02. The third kappa shape index (κ3) is 4.14. The van der Waals surface area contributed by atoms with Gasteiger partial charge in [-0.15, -0.1) is 0 Å². The molecule has 0 unspecified atom stereocenters. The summed E-state index contributed by atoms with van der Waals surface area (Å²) in [4.78, 5) is 21.0. The molecule has 0 saturated carbocycles. The monoisotopic (exact) mass is 349 g/mol. The van der Waals surface area contributed by atoms with Gasteiger partial charge in [0.1, 0.15) is 12.7 Å². The van der Waals surface area contributed by atoms with Gasteiger partial charge in [0.15, 0.2) is 0 Å². The van der Waals surface area contributed by atoms with E-state index in [1.807, 2.05) is 37.3 Å². The molecule has 134 valence electrons. The number of aryl methyl sites for hydroxylation is 2. The molecule has 0 aliphatic heterocycles. The van der Waals surface area contributed by atoms with Crippen molar-refractivity contribution in [1.82, 2.24) is 25.1 Å². The fraction of sp³-hybridized carbons (Fsp3) is 0.300. The van der Waals surface area contributed by atoms with Crippen LogP contribution in [0.4, 0.5) is 0 Å². The van der Waals surface area contributed by atoms with E-state index in [1.54, 1.807) is 11.0 Å². The smallest absolute Gasteiger partial charge is 0.251 e. The lowest BCUT2D eigenvalue weighted by Crippen LogP contribution is -2.35. The minimum absolute atomic E-state index is 0.0465. The van der Waals surface area contributed by atoms with Crippen LogP contribution in [-0.2, 0) is 13.0 Å². The SMILES string of the molecule is CCc1nc(-c2ccc(C(=O)N[C@@H](C)Cn3cncn3)cc2)ccc1C. The van der Waals surface area contributed by atoms with Crippen molar-refractivity contribution < 1.29 is 4.79 Å². The fourth-order valence-corrected chi connectivity index (χ4v) is 2.84. The second-order valence-electron chi connectivity index (χ2n) is 6.38. The number of rotatable bonds is 6. The van der Waals surface area contributed by atoms with Crippen LogP contribution in [0.3, 0.4) is 0 Å². The fourth-order valence-electron chi connectivity index (χ4n) is 2.84. The van der Waals surface area contributed by atoms with Gasteiger partial charge < -0.3 is 5.32 Å². The Morgan fingerprint density at radius 1 is 1.19 bits per heavy atom. The molecule has 1 atom stereocenters. The minimum Gasteiger partial charge on any atom is -0.348 e. The third-order valence-corrected chi connectivity index (χ3v) is 4.28. The molecule has 26 heavy (non-hydrogen) atoms. The van der Waals surface area contributed by atoms with Gasteiger partial charge in [-0.3, -0.25) is 14.5 Å². The van der Waals surface area contributed by atoms with Crippen molar-refractivity contribution in [2.24, 2.45) is 0 Å². The Labute approximate surface area is 153 Å². The summed E-state index contributed by atoms with van der Waals surface area (Å²) in [6, 6.07) is 11.6. The molecular weight excluding hydrogens is 326 g/mol. The first-order valence-electron chi connectivity index (χ1n) is 8.77. The quantitative estimate of drug-likeness (QED) is 0.742. The van der Waals surface area contributed by atoms with Crippen LogP contribution in [0.5, 0.6) is 0 Å². The lowest BCUT2D eigenvalue weighted by molar-refractivity contribution is 0.0936. The van der Waals surface area contributed by atoms with Crippen molar-refractivity contribution in [3.63, 3.8) is 0 Å². The predicted molar refractivity (Wildman–Crippen MR) is 101 cm³/mol. The number of carbonyl (C=O) groups is 1. The molecule has 3 aromatic rings. The van der Waals surface area contributed by atoms with Crippen molar-refractivity contribution in [1.29, 1.82) is 0 Å². The molecule has 0 spiro atoms. The molecule has 2 heterocycles. The number of benzene rings is 1. The Balaban J connectivity index is 1.68. The first-order valence-corrected chi connectivity index (χ1v) is 8.77. The number of carbonyl (C=O) groups excluding carboxylic acids is 1. The number of aromatic nitrogens is 4. The lowest BCUT2D eigenvalue weighted by Gasteiger charge is -2.14. The maximum Gasteiger partial charge on any atom is 0.251 e. The molecule has 3 rings (SSSR count). The van der Waals surface area contributed by atoms with E-state index >= 15 is 0 Å². The second-order valence-corrected chi connectivity index (χ2v) is 6.38.